The summed E-state index contributed by atoms with van der Waals surface area (Å²) in [6.45, 7) is 2.63. The number of fused-ring (bicyclic) bond motifs is 1. The zero-order valence-corrected chi connectivity index (χ0v) is 12.9. The minimum absolute atomic E-state index is 0.165. The summed E-state index contributed by atoms with van der Waals surface area (Å²) in [5.74, 6) is -0.154. The van der Waals surface area contributed by atoms with Gasteiger partial charge < -0.3 is 18.5 Å². The second kappa shape index (κ2) is 5.72. The molecule has 7 nitrogen and oxygen atoms in total. The summed E-state index contributed by atoms with van der Waals surface area (Å²) in [6, 6.07) is 3.61. The number of rotatable bonds is 2. The first kappa shape index (κ1) is 14.8. The Balaban J connectivity index is 1.74. The second-order valence-corrected chi connectivity index (χ2v) is 5.54. The summed E-state index contributed by atoms with van der Waals surface area (Å²) >= 11 is 0. The maximum absolute atomic E-state index is 13.8. The van der Waals surface area contributed by atoms with Crippen molar-refractivity contribution >= 4 is 16.9 Å². The first-order valence-corrected chi connectivity index (χ1v) is 7.49. The van der Waals surface area contributed by atoms with Gasteiger partial charge in [0.1, 0.15) is 17.4 Å². The Morgan fingerprint density at radius 2 is 2.25 bits per heavy atom. The van der Waals surface area contributed by atoms with Gasteiger partial charge in [0.2, 0.25) is 11.8 Å². The van der Waals surface area contributed by atoms with Crippen LogP contribution in [0.5, 0.6) is 0 Å². The molecule has 3 aromatic rings. The van der Waals surface area contributed by atoms with Gasteiger partial charge in [0.15, 0.2) is 0 Å². The van der Waals surface area contributed by atoms with E-state index in [2.05, 4.69) is 10.2 Å². The molecule has 0 spiro atoms. The first-order valence-electron chi connectivity index (χ1n) is 7.49. The summed E-state index contributed by atoms with van der Waals surface area (Å²) in [7, 11) is 0. The Morgan fingerprint density at radius 3 is 3.04 bits per heavy atom. The molecule has 3 heterocycles. The average Bonchev–Trinajstić information content (AvgIpc) is 3.22. The predicted molar refractivity (Wildman–Crippen MR) is 79.8 cm³/mol. The molecular weight excluding hydrogens is 317 g/mol. The van der Waals surface area contributed by atoms with E-state index >= 15 is 0 Å². The minimum atomic E-state index is -0.513. The van der Waals surface area contributed by atoms with E-state index < -0.39 is 11.9 Å². The van der Waals surface area contributed by atoms with E-state index in [1.54, 1.807) is 17.9 Å². The maximum Gasteiger partial charge on any atom is 0.258 e. The molecule has 4 rings (SSSR count). The van der Waals surface area contributed by atoms with Crippen LogP contribution in [0.1, 0.15) is 28.2 Å². The zero-order chi connectivity index (χ0) is 16.7. The molecule has 1 aliphatic rings. The number of morpholine rings is 1. The standard InChI is InChI=1S/C16H14FN3O4/c1-9-18-19-15(24-9)13-8-22-5-3-20(13)16(21)12-7-11(17)6-10-2-4-23-14(10)12/h2,4,6-7,13H,3,5,8H2,1H3. The number of benzene rings is 1. The summed E-state index contributed by atoms with van der Waals surface area (Å²) < 4.78 is 30.1. The van der Waals surface area contributed by atoms with E-state index in [4.69, 9.17) is 13.6 Å². The van der Waals surface area contributed by atoms with Crippen molar-refractivity contribution in [3.8, 4) is 0 Å². The highest BCUT2D eigenvalue weighted by Crippen LogP contribution is 2.28. The monoisotopic (exact) mass is 331 g/mol. The van der Waals surface area contributed by atoms with Crippen LogP contribution in [0.4, 0.5) is 4.39 Å². The van der Waals surface area contributed by atoms with Crippen LogP contribution in [0, 0.1) is 12.7 Å². The van der Waals surface area contributed by atoms with E-state index in [1.165, 1.54) is 18.4 Å². The summed E-state index contributed by atoms with van der Waals surface area (Å²) in [6.07, 6.45) is 1.43. The van der Waals surface area contributed by atoms with Crippen LogP contribution in [0.2, 0.25) is 0 Å². The third-order valence-electron chi connectivity index (χ3n) is 3.96. The first-order chi connectivity index (χ1) is 11.6. The number of hydrogen-bond donors (Lipinski definition) is 0. The third kappa shape index (κ3) is 2.44. The molecule has 0 aliphatic carbocycles. The number of ether oxygens (including phenoxy) is 1. The van der Waals surface area contributed by atoms with Crippen LogP contribution >= 0.6 is 0 Å². The van der Waals surface area contributed by atoms with Crippen LogP contribution in [0.25, 0.3) is 11.0 Å². The normalized spacial score (nSPS) is 18.2. The highest BCUT2D eigenvalue weighted by atomic mass is 19.1. The van der Waals surface area contributed by atoms with Crippen LogP contribution in [0.3, 0.4) is 0 Å². The molecule has 0 bridgehead atoms. The lowest BCUT2D eigenvalue weighted by Gasteiger charge is -2.33. The van der Waals surface area contributed by atoms with E-state index in [0.29, 0.717) is 35.9 Å². The van der Waals surface area contributed by atoms with Gasteiger partial charge in [0.25, 0.3) is 5.91 Å². The van der Waals surface area contributed by atoms with Crippen molar-refractivity contribution in [1.29, 1.82) is 0 Å². The highest BCUT2D eigenvalue weighted by Gasteiger charge is 2.34. The Morgan fingerprint density at radius 1 is 1.38 bits per heavy atom. The van der Waals surface area contributed by atoms with Gasteiger partial charge in [-0.15, -0.1) is 10.2 Å². The molecule has 2 aromatic heterocycles. The van der Waals surface area contributed by atoms with Crippen molar-refractivity contribution in [3.05, 3.63) is 47.6 Å². The lowest BCUT2D eigenvalue weighted by Crippen LogP contribution is -2.43. The number of furan rings is 1. The van der Waals surface area contributed by atoms with Gasteiger partial charge in [-0.3, -0.25) is 4.79 Å². The summed E-state index contributed by atoms with van der Waals surface area (Å²) in [4.78, 5) is 14.6. The number of aromatic nitrogens is 2. The van der Waals surface area contributed by atoms with E-state index in [0.717, 1.165) is 0 Å². The largest absolute Gasteiger partial charge is 0.464 e. The van der Waals surface area contributed by atoms with Crippen molar-refractivity contribution in [2.45, 2.75) is 13.0 Å². The smallest absolute Gasteiger partial charge is 0.258 e. The van der Waals surface area contributed by atoms with Gasteiger partial charge in [-0.2, -0.15) is 0 Å². The molecule has 1 unspecified atom stereocenters. The van der Waals surface area contributed by atoms with Crippen molar-refractivity contribution < 1.29 is 22.8 Å². The number of amides is 1. The Hall–Kier alpha value is -2.74. The fraction of sp³-hybridized carbons (Fsp3) is 0.312. The molecule has 0 N–H and O–H groups in total. The highest BCUT2D eigenvalue weighted by molar-refractivity contribution is 6.05. The Labute approximate surface area is 136 Å². The molecule has 8 heteroatoms. The second-order valence-electron chi connectivity index (χ2n) is 5.54. The third-order valence-corrected chi connectivity index (χ3v) is 3.96. The van der Waals surface area contributed by atoms with Crippen molar-refractivity contribution in [1.82, 2.24) is 15.1 Å². The van der Waals surface area contributed by atoms with Crippen molar-refractivity contribution in [3.63, 3.8) is 0 Å². The SMILES string of the molecule is Cc1nnc(C2COCCN2C(=O)c2cc(F)cc3ccoc23)o1. The van der Waals surface area contributed by atoms with Gasteiger partial charge in [0.05, 0.1) is 25.0 Å². The number of carbonyl (C=O) groups is 1. The Kier molecular flexibility index (Phi) is 3.53. The lowest BCUT2D eigenvalue weighted by molar-refractivity contribution is -0.0106. The molecule has 1 fully saturated rings. The fourth-order valence-corrected chi connectivity index (χ4v) is 2.86. The van der Waals surface area contributed by atoms with Crippen LogP contribution in [-0.4, -0.2) is 40.8 Å². The molecule has 1 aromatic carbocycles. The number of carbonyl (C=O) groups excluding carboxylic acids is 1. The molecule has 124 valence electrons. The molecule has 0 radical (unpaired) electrons. The molecule has 1 atom stereocenters. The van der Waals surface area contributed by atoms with E-state index in [-0.39, 0.29) is 18.1 Å². The van der Waals surface area contributed by atoms with Crippen molar-refractivity contribution in [2.75, 3.05) is 19.8 Å². The summed E-state index contributed by atoms with van der Waals surface area (Å²) in [5, 5.41) is 8.31. The fourth-order valence-electron chi connectivity index (χ4n) is 2.86. The topological polar surface area (TPSA) is 81.6 Å². The number of aryl methyl sites for hydroxylation is 1. The molecule has 24 heavy (non-hydrogen) atoms. The Bertz CT molecular complexity index is 904. The molecule has 0 saturated carbocycles. The quantitative estimate of drug-likeness (QED) is 0.717. The average molecular weight is 331 g/mol. The van der Waals surface area contributed by atoms with Crippen molar-refractivity contribution in [2.24, 2.45) is 0 Å². The van der Waals surface area contributed by atoms with Crippen LogP contribution in [0.15, 0.2) is 33.3 Å². The molecular formula is C16H14FN3O4. The number of nitrogens with zero attached hydrogens (tertiary/aromatic N) is 3. The van der Waals surface area contributed by atoms with E-state index in [9.17, 15) is 9.18 Å². The van der Waals surface area contributed by atoms with Gasteiger partial charge >= 0.3 is 0 Å². The molecule has 1 amide bonds. The summed E-state index contributed by atoms with van der Waals surface area (Å²) in [5.41, 5.74) is 0.520. The molecule has 1 aliphatic heterocycles. The van der Waals surface area contributed by atoms with Crippen LogP contribution < -0.4 is 0 Å². The number of halogens is 1. The van der Waals surface area contributed by atoms with Gasteiger partial charge in [0, 0.05) is 18.9 Å². The molecule has 1 saturated heterocycles. The lowest BCUT2D eigenvalue weighted by atomic mass is 10.1. The van der Waals surface area contributed by atoms with Gasteiger partial charge in [-0.25, -0.2) is 4.39 Å². The zero-order valence-electron chi connectivity index (χ0n) is 12.9. The minimum Gasteiger partial charge on any atom is -0.464 e. The van der Waals surface area contributed by atoms with Gasteiger partial charge in [-0.1, -0.05) is 0 Å². The maximum atomic E-state index is 13.8. The predicted octanol–water partition coefficient (Wildman–Crippen LogP) is 2.48. The van der Waals surface area contributed by atoms with E-state index in [1.807, 2.05) is 0 Å². The van der Waals surface area contributed by atoms with Gasteiger partial charge in [-0.05, 0) is 18.2 Å². The van der Waals surface area contributed by atoms with Crippen LogP contribution in [-0.2, 0) is 4.74 Å². The number of hydrogen-bond acceptors (Lipinski definition) is 6.